The van der Waals surface area contributed by atoms with Crippen LogP contribution in [-0.4, -0.2) is 13.7 Å². The molecule has 3 rings (SSSR count). The summed E-state index contributed by atoms with van der Waals surface area (Å²) >= 11 is 0. The van der Waals surface area contributed by atoms with E-state index in [0.717, 1.165) is 16.7 Å². The fourth-order valence-corrected chi connectivity index (χ4v) is 3.02. The summed E-state index contributed by atoms with van der Waals surface area (Å²) in [5, 5.41) is 2.91. The Hall–Kier alpha value is -3.30. The second-order valence-electron chi connectivity index (χ2n) is 6.24. The minimum absolute atomic E-state index is 0.0888. The summed E-state index contributed by atoms with van der Waals surface area (Å²) in [5.41, 5.74) is -1.96. The number of fused-ring (bicyclic) bond motifs is 1. The van der Waals surface area contributed by atoms with Gasteiger partial charge >= 0.3 is 11.9 Å². The molecule has 0 radical (unpaired) electrons. The third-order valence-electron chi connectivity index (χ3n) is 4.51. The first-order chi connectivity index (χ1) is 13.1. The Morgan fingerprint density at radius 1 is 1.00 bits per heavy atom. The van der Waals surface area contributed by atoms with Gasteiger partial charge in [-0.25, -0.2) is 4.79 Å². The third kappa shape index (κ3) is 3.10. The smallest absolute Gasteiger partial charge is 0.355 e. The summed E-state index contributed by atoms with van der Waals surface area (Å²) in [7, 11) is 2.76. The molecule has 0 spiro atoms. The van der Waals surface area contributed by atoms with Crippen LogP contribution in [0.1, 0.15) is 12.5 Å². The monoisotopic (exact) mass is 394 g/mol. The van der Waals surface area contributed by atoms with Crippen molar-refractivity contribution in [3.05, 3.63) is 67.1 Å². The maximum Gasteiger partial charge on any atom is 0.416 e. The van der Waals surface area contributed by atoms with E-state index in [1.807, 2.05) is 0 Å². The number of aromatic nitrogens is 3. The molecule has 0 bridgehead atoms. The zero-order valence-electron chi connectivity index (χ0n) is 15.3. The molecule has 10 heteroatoms. The lowest BCUT2D eigenvalue weighted by molar-refractivity contribution is -0.137. The van der Waals surface area contributed by atoms with Gasteiger partial charge in [0.25, 0.3) is 11.1 Å². The molecule has 0 aliphatic heterocycles. The molecule has 7 nitrogen and oxygen atoms in total. The Kier molecular flexibility index (Phi) is 4.66. The van der Waals surface area contributed by atoms with E-state index >= 15 is 0 Å². The Morgan fingerprint density at radius 2 is 1.61 bits per heavy atom. The van der Waals surface area contributed by atoms with Gasteiger partial charge < -0.3 is 5.32 Å². The summed E-state index contributed by atoms with van der Waals surface area (Å²) in [5.74, 6) is 0. The van der Waals surface area contributed by atoms with E-state index in [9.17, 15) is 27.6 Å². The topological polar surface area (TPSA) is 78.0 Å². The van der Waals surface area contributed by atoms with Crippen LogP contribution in [0.3, 0.4) is 0 Å². The molecule has 0 saturated carbocycles. The van der Waals surface area contributed by atoms with E-state index in [1.165, 1.54) is 41.4 Å². The maximum absolute atomic E-state index is 12.7. The number of pyridine rings is 1. The summed E-state index contributed by atoms with van der Waals surface area (Å²) in [6, 6.07) is 5.36. The SMILES string of the molecule is CCn1c(=O)n(C)c(=O)c2c(Nc3ccc(C(F)(F)F)cc3)cc(=O)n(C)c21. The van der Waals surface area contributed by atoms with Crippen molar-refractivity contribution in [2.45, 2.75) is 19.6 Å². The van der Waals surface area contributed by atoms with E-state index in [1.54, 1.807) is 6.92 Å². The normalized spacial score (nSPS) is 11.8. The maximum atomic E-state index is 12.7. The summed E-state index contributed by atoms with van der Waals surface area (Å²) in [6.07, 6.45) is -4.47. The zero-order chi connectivity index (χ0) is 20.8. The van der Waals surface area contributed by atoms with Crippen LogP contribution in [-0.2, 0) is 26.8 Å². The molecule has 2 aromatic heterocycles. The molecule has 0 fully saturated rings. The van der Waals surface area contributed by atoms with Crippen molar-refractivity contribution in [2.75, 3.05) is 5.32 Å². The summed E-state index contributed by atoms with van der Waals surface area (Å²) in [6.45, 7) is 1.92. The standard InChI is InChI=1S/C18H17F3N4O3/c1-4-25-15-14(16(27)24(3)17(25)28)12(9-13(26)23(15)2)22-11-7-5-10(6-8-11)18(19,20)21/h5-9,22H,4H2,1-3H3. The Bertz CT molecular complexity index is 1240. The van der Waals surface area contributed by atoms with Crippen LogP contribution in [0.2, 0.25) is 0 Å². The van der Waals surface area contributed by atoms with Gasteiger partial charge in [0.15, 0.2) is 0 Å². The molecule has 0 unspecified atom stereocenters. The molecule has 0 aliphatic rings. The lowest BCUT2D eigenvalue weighted by atomic mass is 10.2. The van der Waals surface area contributed by atoms with Gasteiger partial charge in [-0.2, -0.15) is 13.2 Å². The molecule has 2 heterocycles. The Morgan fingerprint density at radius 3 is 2.14 bits per heavy atom. The molecule has 148 valence electrons. The number of alkyl halides is 3. The molecule has 1 aromatic carbocycles. The van der Waals surface area contributed by atoms with Crippen LogP contribution in [0.15, 0.2) is 44.7 Å². The van der Waals surface area contributed by atoms with E-state index in [4.69, 9.17) is 0 Å². The number of nitrogens with zero attached hydrogens (tertiary/aromatic N) is 3. The highest BCUT2D eigenvalue weighted by atomic mass is 19.4. The van der Waals surface area contributed by atoms with Crippen LogP contribution in [0, 0.1) is 0 Å². The number of anilines is 2. The number of hydrogen-bond acceptors (Lipinski definition) is 4. The number of nitrogens with one attached hydrogen (secondary N) is 1. The lowest BCUT2D eigenvalue weighted by Crippen LogP contribution is -2.40. The highest BCUT2D eigenvalue weighted by Gasteiger charge is 2.30. The molecule has 0 aliphatic carbocycles. The van der Waals surface area contributed by atoms with Gasteiger partial charge in [0, 0.05) is 32.4 Å². The van der Waals surface area contributed by atoms with E-state index in [0.29, 0.717) is 0 Å². The first kappa shape index (κ1) is 19.5. The minimum atomic E-state index is -4.47. The van der Waals surface area contributed by atoms with Crippen molar-refractivity contribution >= 4 is 22.4 Å². The second-order valence-corrected chi connectivity index (χ2v) is 6.24. The van der Waals surface area contributed by atoms with Gasteiger partial charge in [-0.1, -0.05) is 0 Å². The number of hydrogen-bond donors (Lipinski definition) is 1. The van der Waals surface area contributed by atoms with Crippen LogP contribution in [0.25, 0.3) is 11.0 Å². The van der Waals surface area contributed by atoms with Crippen molar-refractivity contribution in [3.63, 3.8) is 0 Å². The predicted molar refractivity (Wildman–Crippen MR) is 99.1 cm³/mol. The number of rotatable bonds is 3. The van der Waals surface area contributed by atoms with Gasteiger partial charge in [-0.3, -0.25) is 23.3 Å². The quantitative estimate of drug-likeness (QED) is 0.739. The number of benzene rings is 1. The predicted octanol–water partition coefficient (Wildman–Crippen LogP) is 2.18. The fourth-order valence-electron chi connectivity index (χ4n) is 3.02. The largest absolute Gasteiger partial charge is 0.416 e. The highest BCUT2D eigenvalue weighted by molar-refractivity contribution is 5.90. The Labute approximate surface area is 156 Å². The minimum Gasteiger partial charge on any atom is -0.355 e. The average molecular weight is 394 g/mol. The van der Waals surface area contributed by atoms with Crippen LogP contribution >= 0.6 is 0 Å². The van der Waals surface area contributed by atoms with Gasteiger partial charge in [-0.05, 0) is 31.2 Å². The third-order valence-corrected chi connectivity index (χ3v) is 4.51. The number of aryl methyl sites for hydroxylation is 2. The molecule has 28 heavy (non-hydrogen) atoms. The van der Waals surface area contributed by atoms with E-state index in [2.05, 4.69) is 5.32 Å². The van der Waals surface area contributed by atoms with Crippen molar-refractivity contribution in [1.29, 1.82) is 0 Å². The molecule has 0 atom stereocenters. The van der Waals surface area contributed by atoms with E-state index in [-0.39, 0.29) is 29.0 Å². The van der Waals surface area contributed by atoms with Gasteiger partial charge in [0.2, 0.25) is 0 Å². The van der Waals surface area contributed by atoms with Crippen molar-refractivity contribution < 1.29 is 13.2 Å². The molecule has 3 aromatic rings. The van der Waals surface area contributed by atoms with Crippen LogP contribution in [0.5, 0.6) is 0 Å². The first-order valence-corrected chi connectivity index (χ1v) is 8.34. The highest BCUT2D eigenvalue weighted by Crippen LogP contribution is 2.30. The second kappa shape index (κ2) is 6.70. The summed E-state index contributed by atoms with van der Waals surface area (Å²) in [4.78, 5) is 37.5. The van der Waals surface area contributed by atoms with Crippen molar-refractivity contribution in [1.82, 2.24) is 13.7 Å². The average Bonchev–Trinajstić information content (AvgIpc) is 2.63. The van der Waals surface area contributed by atoms with Crippen molar-refractivity contribution in [3.8, 4) is 0 Å². The molecular formula is C18H17F3N4O3. The molecular weight excluding hydrogens is 377 g/mol. The number of halogens is 3. The van der Waals surface area contributed by atoms with Crippen LogP contribution < -0.4 is 22.1 Å². The molecule has 0 saturated heterocycles. The Balaban J connectivity index is 2.26. The van der Waals surface area contributed by atoms with E-state index < -0.39 is 28.5 Å². The lowest BCUT2D eigenvalue weighted by Gasteiger charge is -2.17. The fraction of sp³-hybridized carbons (Fsp3) is 0.278. The van der Waals surface area contributed by atoms with Crippen LogP contribution in [0.4, 0.5) is 24.5 Å². The first-order valence-electron chi connectivity index (χ1n) is 8.34. The summed E-state index contributed by atoms with van der Waals surface area (Å²) < 4.78 is 41.6. The van der Waals surface area contributed by atoms with Gasteiger partial charge in [-0.15, -0.1) is 0 Å². The molecule has 0 amide bonds. The van der Waals surface area contributed by atoms with Crippen molar-refractivity contribution in [2.24, 2.45) is 14.1 Å². The molecule has 1 N–H and O–H groups in total. The zero-order valence-corrected chi connectivity index (χ0v) is 15.3. The van der Waals surface area contributed by atoms with Gasteiger partial charge in [0.05, 0.1) is 11.3 Å². The van der Waals surface area contributed by atoms with Gasteiger partial charge in [0.1, 0.15) is 11.0 Å².